The van der Waals surface area contributed by atoms with Gasteiger partial charge in [-0.3, -0.25) is 9.78 Å². The fourth-order valence-corrected chi connectivity index (χ4v) is 4.11. The van der Waals surface area contributed by atoms with Gasteiger partial charge < -0.3 is 9.47 Å². The molecule has 0 bridgehead atoms. The van der Waals surface area contributed by atoms with E-state index >= 15 is 0 Å². The maximum Gasteiger partial charge on any atom is 0.174 e. The zero-order valence-electron chi connectivity index (χ0n) is 18.8. The van der Waals surface area contributed by atoms with Crippen molar-refractivity contribution < 1.29 is 14.3 Å². The smallest absolute Gasteiger partial charge is 0.174 e. The van der Waals surface area contributed by atoms with Gasteiger partial charge in [0.15, 0.2) is 5.78 Å². The molecular weight excluding hydrogens is 400 g/mol. The normalized spacial score (nSPS) is 19.5. The van der Waals surface area contributed by atoms with E-state index in [4.69, 9.17) is 14.7 Å². The van der Waals surface area contributed by atoms with Crippen molar-refractivity contribution >= 4 is 5.78 Å². The Morgan fingerprint density at radius 2 is 1.72 bits per heavy atom. The molecule has 3 aromatic rings. The summed E-state index contributed by atoms with van der Waals surface area (Å²) in [6, 6.07) is 19.1. The number of hydrogen-bond donors (Lipinski definition) is 0. The fourth-order valence-electron chi connectivity index (χ4n) is 4.11. The van der Waals surface area contributed by atoms with E-state index in [2.05, 4.69) is 17.1 Å². The number of hydrogen-bond acceptors (Lipinski definition) is 5. The summed E-state index contributed by atoms with van der Waals surface area (Å²) in [4.78, 5) is 17.6. The molecule has 0 radical (unpaired) electrons. The maximum absolute atomic E-state index is 13.2. The standard InChI is InChI=1S/C27H26N2O3/c1-17-13-18(2)23(29-15-17)16-31-22-11-9-20(10-12-22)24-25(32-27(3,4)26(24)30)21-7-5-19(14-28)6-8-21/h5-13,15,24-25H,16H2,1-4H3. The summed E-state index contributed by atoms with van der Waals surface area (Å²) < 4.78 is 12.1. The highest BCUT2D eigenvalue weighted by molar-refractivity contribution is 5.95. The van der Waals surface area contributed by atoms with Crippen molar-refractivity contribution in [2.45, 2.75) is 51.9 Å². The minimum atomic E-state index is -0.882. The number of nitriles is 1. The van der Waals surface area contributed by atoms with Crippen molar-refractivity contribution in [2.24, 2.45) is 0 Å². The molecule has 1 aliphatic rings. The van der Waals surface area contributed by atoms with Crippen LogP contribution in [-0.2, 0) is 16.1 Å². The minimum Gasteiger partial charge on any atom is -0.487 e. The predicted octanol–water partition coefficient (Wildman–Crippen LogP) is 5.35. The van der Waals surface area contributed by atoms with Crippen LogP contribution in [0.2, 0.25) is 0 Å². The Morgan fingerprint density at radius 3 is 2.34 bits per heavy atom. The summed E-state index contributed by atoms with van der Waals surface area (Å²) in [5, 5.41) is 9.07. The van der Waals surface area contributed by atoms with Gasteiger partial charge in [0.25, 0.3) is 0 Å². The van der Waals surface area contributed by atoms with E-state index in [9.17, 15) is 4.79 Å². The number of Topliss-reactive ketones (excluding diaryl/α,β-unsaturated/α-hetero) is 1. The molecule has 0 aliphatic carbocycles. The summed E-state index contributed by atoms with van der Waals surface area (Å²) in [6.45, 7) is 8.04. The van der Waals surface area contributed by atoms with Gasteiger partial charge in [0.05, 0.1) is 29.3 Å². The first-order valence-electron chi connectivity index (χ1n) is 10.7. The van der Waals surface area contributed by atoms with Crippen LogP contribution in [0.25, 0.3) is 0 Å². The highest BCUT2D eigenvalue weighted by atomic mass is 16.5. The summed E-state index contributed by atoms with van der Waals surface area (Å²) in [5.74, 6) is 0.337. The topological polar surface area (TPSA) is 72.2 Å². The van der Waals surface area contributed by atoms with Crippen LogP contribution in [-0.4, -0.2) is 16.4 Å². The molecule has 0 N–H and O–H groups in total. The van der Waals surface area contributed by atoms with Crippen LogP contribution in [0.5, 0.6) is 5.75 Å². The molecule has 2 unspecified atom stereocenters. The van der Waals surface area contributed by atoms with Crippen LogP contribution in [0.1, 0.15) is 59.4 Å². The lowest BCUT2D eigenvalue weighted by Gasteiger charge is -2.19. The van der Waals surface area contributed by atoms with Gasteiger partial charge >= 0.3 is 0 Å². The number of nitrogens with zero attached hydrogens (tertiary/aromatic N) is 2. The van der Waals surface area contributed by atoms with E-state index in [-0.39, 0.29) is 5.78 Å². The van der Waals surface area contributed by atoms with Crippen molar-refractivity contribution in [3.8, 4) is 11.8 Å². The Bertz CT molecular complexity index is 1180. The maximum atomic E-state index is 13.2. The quantitative estimate of drug-likeness (QED) is 0.550. The number of aryl methyl sites for hydroxylation is 2. The molecule has 1 fully saturated rings. The molecule has 5 heteroatoms. The van der Waals surface area contributed by atoms with E-state index in [1.807, 2.05) is 56.4 Å². The van der Waals surface area contributed by atoms with Gasteiger partial charge in [-0.1, -0.05) is 30.3 Å². The third-order valence-corrected chi connectivity index (χ3v) is 5.91. The van der Waals surface area contributed by atoms with Crippen molar-refractivity contribution in [3.63, 3.8) is 0 Å². The molecule has 1 aromatic heterocycles. The van der Waals surface area contributed by atoms with Crippen LogP contribution >= 0.6 is 0 Å². The summed E-state index contributed by atoms with van der Waals surface area (Å²) in [7, 11) is 0. The Kier molecular flexibility index (Phi) is 5.82. The lowest BCUT2D eigenvalue weighted by atomic mass is 9.84. The largest absolute Gasteiger partial charge is 0.487 e. The van der Waals surface area contributed by atoms with Gasteiger partial charge in [-0.15, -0.1) is 0 Å². The summed E-state index contributed by atoms with van der Waals surface area (Å²) in [5.41, 5.74) is 4.59. The van der Waals surface area contributed by atoms with Gasteiger partial charge in [-0.2, -0.15) is 5.26 Å². The number of carbonyl (C=O) groups excluding carboxylic acids is 1. The van der Waals surface area contributed by atoms with Gasteiger partial charge in [0.2, 0.25) is 0 Å². The molecule has 2 heterocycles. The molecule has 1 aliphatic heterocycles. The van der Waals surface area contributed by atoms with E-state index in [0.29, 0.717) is 12.2 Å². The number of ether oxygens (including phenoxy) is 2. The molecule has 1 saturated heterocycles. The molecule has 4 rings (SSSR count). The molecule has 162 valence electrons. The average Bonchev–Trinajstić information content (AvgIpc) is 3.02. The van der Waals surface area contributed by atoms with Crippen molar-refractivity contribution in [2.75, 3.05) is 0 Å². The third-order valence-electron chi connectivity index (χ3n) is 5.91. The van der Waals surface area contributed by atoms with E-state index in [1.54, 1.807) is 26.0 Å². The first-order valence-corrected chi connectivity index (χ1v) is 10.7. The second-order valence-corrected chi connectivity index (χ2v) is 8.76. The van der Waals surface area contributed by atoms with Crippen LogP contribution < -0.4 is 4.74 Å². The first kappa shape index (κ1) is 21.7. The lowest BCUT2D eigenvalue weighted by molar-refractivity contribution is -0.130. The zero-order valence-corrected chi connectivity index (χ0v) is 18.8. The van der Waals surface area contributed by atoms with Crippen molar-refractivity contribution in [1.82, 2.24) is 4.98 Å². The van der Waals surface area contributed by atoms with Gasteiger partial charge in [0, 0.05) is 6.20 Å². The lowest BCUT2D eigenvalue weighted by Crippen LogP contribution is -2.29. The van der Waals surface area contributed by atoms with E-state index in [0.717, 1.165) is 33.7 Å². The Hall–Kier alpha value is -3.49. The van der Waals surface area contributed by atoms with Crippen LogP contribution in [0.3, 0.4) is 0 Å². The monoisotopic (exact) mass is 426 g/mol. The number of ketones is 1. The first-order chi connectivity index (χ1) is 15.3. The second kappa shape index (κ2) is 8.57. The van der Waals surface area contributed by atoms with Crippen LogP contribution in [0, 0.1) is 25.2 Å². The molecule has 32 heavy (non-hydrogen) atoms. The number of pyridine rings is 1. The van der Waals surface area contributed by atoms with Crippen LogP contribution in [0.15, 0.2) is 60.8 Å². The minimum absolute atomic E-state index is 0.0417. The number of aromatic nitrogens is 1. The SMILES string of the molecule is Cc1cnc(COc2ccc(C3C(=O)C(C)(C)OC3c3ccc(C#N)cc3)cc2)c(C)c1. The zero-order chi connectivity index (χ0) is 22.9. The molecule has 0 spiro atoms. The highest BCUT2D eigenvalue weighted by Crippen LogP contribution is 2.46. The molecule has 2 atom stereocenters. The predicted molar refractivity (Wildman–Crippen MR) is 121 cm³/mol. The van der Waals surface area contributed by atoms with Gasteiger partial charge in [-0.05, 0) is 74.2 Å². The Morgan fingerprint density at radius 1 is 1.06 bits per heavy atom. The molecule has 0 saturated carbocycles. The van der Waals surface area contributed by atoms with Crippen molar-refractivity contribution in [3.05, 3.63) is 94.3 Å². The van der Waals surface area contributed by atoms with E-state index in [1.165, 1.54) is 0 Å². The molecule has 0 amide bonds. The number of rotatable bonds is 5. The Balaban J connectivity index is 1.55. The van der Waals surface area contributed by atoms with Crippen LogP contribution in [0.4, 0.5) is 0 Å². The number of carbonyl (C=O) groups is 1. The number of benzene rings is 2. The summed E-state index contributed by atoms with van der Waals surface area (Å²) in [6.07, 6.45) is 1.43. The third kappa shape index (κ3) is 4.28. The highest BCUT2D eigenvalue weighted by Gasteiger charge is 2.49. The van der Waals surface area contributed by atoms with Gasteiger partial charge in [-0.25, -0.2) is 0 Å². The molecule has 2 aromatic carbocycles. The second-order valence-electron chi connectivity index (χ2n) is 8.76. The molecule has 5 nitrogen and oxygen atoms in total. The molecular formula is C27H26N2O3. The Labute approximate surface area is 188 Å². The summed E-state index contributed by atoms with van der Waals surface area (Å²) >= 11 is 0. The van der Waals surface area contributed by atoms with Gasteiger partial charge in [0.1, 0.15) is 18.0 Å². The average molecular weight is 427 g/mol. The fraction of sp³-hybridized carbons (Fsp3) is 0.296. The van der Waals surface area contributed by atoms with E-state index < -0.39 is 17.6 Å². The van der Waals surface area contributed by atoms with Crippen molar-refractivity contribution in [1.29, 1.82) is 5.26 Å².